The highest BCUT2D eigenvalue weighted by molar-refractivity contribution is 5.57. The van der Waals surface area contributed by atoms with Crippen molar-refractivity contribution in [3.05, 3.63) is 15.3 Å². The fraction of sp³-hybridized carbons (Fsp3) is 0.800. The van der Waals surface area contributed by atoms with E-state index in [2.05, 4.69) is 0 Å². The summed E-state index contributed by atoms with van der Waals surface area (Å²) in [6, 6.07) is -1.26. The monoisotopic (exact) mass is 178 g/mol. The first-order valence-corrected chi connectivity index (χ1v) is 3.30. The maximum absolute atomic E-state index is 10.2. The first-order valence-electron chi connectivity index (χ1n) is 3.30. The maximum atomic E-state index is 10.2. The van der Waals surface area contributed by atoms with E-state index in [0.29, 0.717) is 6.21 Å². The molecule has 0 spiro atoms. The van der Waals surface area contributed by atoms with Gasteiger partial charge in [-0.3, -0.25) is 15.3 Å². The predicted molar refractivity (Wildman–Crippen MR) is 38.6 cm³/mol. The van der Waals surface area contributed by atoms with Gasteiger partial charge < -0.3 is 10.3 Å². The van der Waals surface area contributed by atoms with E-state index in [1.54, 1.807) is 0 Å². The predicted octanol–water partition coefficient (Wildman–Crippen LogP) is -0.627. The van der Waals surface area contributed by atoms with Crippen LogP contribution in [0.1, 0.15) is 13.3 Å². The number of aliphatic hydroxyl groups excluding tert-OH is 1. The van der Waals surface area contributed by atoms with Gasteiger partial charge in [-0.2, -0.15) is 0 Å². The lowest BCUT2D eigenvalue weighted by Gasteiger charge is -2.07. The normalized spacial score (nSPS) is 17.0. The third-order valence-corrected chi connectivity index (χ3v) is 1.36. The van der Waals surface area contributed by atoms with Crippen molar-refractivity contribution in [2.45, 2.75) is 25.5 Å². The SMILES string of the molecule is CCC(C(O)/C=[N+](/[O-])O)[N+](=O)[O-]. The van der Waals surface area contributed by atoms with Gasteiger partial charge in [0, 0.05) is 16.2 Å². The Balaban J connectivity index is 4.32. The molecule has 2 unspecified atom stereocenters. The smallest absolute Gasteiger partial charge is 0.248 e. The third kappa shape index (κ3) is 3.15. The average Bonchev–Trinajstić information content (AvgIpc) is 1.85. The lowest BCUT2D eigenvalue weighted by molar-refractivity contribution is -0.724. The summed E-state index contributed by atoms with van der Waals surface area (Å²) >= 11 is 0. The second-order valence-corrected chi connectivity index (χ2v) is 2.20. The first-order chi connectivity index (χ1) is 5.49. The molecular formula is C5H10N2O5. The number of rotatable bonds is 4. The molecule has 0 aliphatic rings. The Morgan fingerprint density at radius 1 is 1.58 bits per heavy atom. The van der Waals surface area contributed by atoms with Crippen molar-refractivity contribution in [3.63, 3.8) is 0 Å². The summed E-state index contributed by atoms with van der Waals surface area (Å²) in [5.41, 5.74) is 0. The summed E-state index contributed by atoms with van der Waals surface area (Å²) in [5, 5.41) is 37.1. The fourth-order valence-electron chi connectivity index (χ4n) is 0.745. The van der Waals surface area contributed by atoms with Gasteiger partial charge in [0.15, 0.2) is 0 Å². The quantitative estimate of drug-likeness (QED) is 0.196. The standard InChI is InChI=1S/C5H10N2O5/c1-2-4(7(11)12)5(8)3-6(9)10/h3-5,8H,2H2,1H3,(H,9,10). The van der Waals surface area contributed by atoms with Gasteiger partial charge in [-0.15, -0.1) is 0 Å². The molecule has 0 aromatic rings. The largest absolute Gasteiger partial charge is 0.418 e. The highest BCUT2D eigenvalue weighted by Crippen LogP contribution is 2.00. The minimum absolute atomic E-state index is 0.0819. The molecule has 2 N–H and O–H groups in total. The van der Waals surface area contributed by atoms with E-state index in [1.165, 1.54) is 6.92 Å². The molecule has 2 atom stereocenters. The van der Waals surface area contributed by atoms with Gasteiger partial charge >= 0.3 is 0 Å². The topological polar surface area (TPSA) is 110 Å². The van der Waals surface area contributed by atoms with E-state index >= 15 is 0 Å². The lowest BCUT2D eigenvalue weighted by atomic mass is 10.1. The van der Waals surface area contributed by atoms with Crippen LogP contribution in [-0.2, 0) is 0 Å². The Morgan fingerprint density at radius 3 is 2.33 bits per heavy atom. The molecule has 0 aromatic heterocycles. The maximum Gasteiger partial charge on any atom is 0.248 e. The van der Waals surface area contributed by atoms with Crippen LogP contribution in [0.15, 0.2) is 0 Å². The molecule has 0 aliphatic heterocycles. The molecule has 0 amide bonds. The molecule has 0 rings (SSSR count). The van der Waals surface area contributed by atoms with Gasteiger partial charge in [0.1, 0.15) is 0 Å². The van der Waals surface area contributed by atoms with Gasteiger partial charge in [0.25, 0.3) is 0 Å². The average molecular weight is 178 g/mol. The molecule has 7 heteroatoms. The Labute approximate surface area is 68.2 Å². The van der Waals surface area contributed by atoms with Crippen LogP contribution in [0.5, 0.6) is 0 Å². The van der Waals surface area contributed by atoms with Gasteiger partial charge in [-0.1, -0.05) is 6.92 Å². The minimum atomic E-state index is -1.56. The van der Waals surface area contributed by atoms with E-state index in [9.17, 15) is 15.3 Å². The van der Waals surface area contributed by atoms with Crippen LogP contribution in [0, 0.1) is 15.3 Å². The molecule has 70 valence electrons. The van der Waals surface area contributed by atoms with Crippen molar-refractivity contribution in [3.8, 4) is 0 Å². The molecular weight excluding hydrogens is 168 g/mol. The molecule has 12 heavy (non-hydrogen) atoms. The number of hydrogen-bond acceptors (Lipinski definition) is 5. The minimum Gasteiger partial charge on any atom is -0.418 e. The van der Waals surface area contributed by atoms with Crippen LogP contribution in [0.25, 0.3) is 0 Å². The second kappa shape index (κ2) is 4.50. The molecule has 7 nitrogen and oxygen atoms in total. The number of nitrogens with zero attached hydrogens (tertiary/aromatic N) is 2. The zero-order chi connectivity index (χ0) is 9.72. The Hall–Kier alpha value is -1.37. The summed E-state index contributed by atoms with van der Waals surface area (Å²) in [5.74, 6) is 0. The van der Waals surface area contributed by atoms with Crippen molar-refractivity contribution in [2.75, 3.05) is 0 Å². The van der Waals surface area contributed by atoms with Crippen LogP contribution in [0.4, 0.5) is 0 Å². The summed E-state index contributed by atoms with van der Waals surface area (Å²) in [6.07, 6.45) is -1.05. The van der Waals surface area contributed by atoms with Crippen LogP contribution in [0.2, 0.25) is 0 Å². The molecule has 0 saturated heterocycles. The highest BCUT2D eigenvalue weighted by Gasteiger charge is 2.29. The van der Waals surface area contributed by atoms with Gasteiger partial charge in [-0.25, -0.2) is 0 Å². The van der Waals surface area contributed by atoms with Crippen LogP contribution >= 0.6 is 0 Å². The summed E-state index contributed by atoms with van der Waals surface area (Å²) in [7, 11) is 0. The van der Waals surface area contributed by atoms with Gasteiger partial charge in [-0.05, 0) is 0 Å². The van der Waals surface area contributed by atoms with Gasteiger partial charge in [0.2, 0.25) is 18.4 Å². The Kier molecular flexibility index (Phi) is 3.98. The van der Waals surface area contributed by atoms with Crippen molar-refractivity contribution in [2.24, 2.45) is 0 Å². The molecule has 0 fully saturated rings. The van der Waals surface area contributed by atoms with Crippen LogP contribution in [0.3, 0.4) is 0 Å². The van der Waals surface area contributed by atoms with Crippen molar-refractivity contribution >= 4 is 6.21 Å². The van der Waals surface area contributed by atoms with E-state index in [1.807, 2.05) is 0 Å². The van der Waals surface area contributed by atoms with Crippen molar-refractivity contribution < 1.29 is 20.1 Å². The number of aliphatic hydroxyl groups is 1. The molecule has 0 radical (unpaired) electrons. The molecule has 0 aliphatic carbocycles. The van der Waals surface area contributed by atoms with Gasteiger partial charge in [0.05, 0.1) is 0 Å². The van der Waals surface area contributed by atoms with E-state index in [-0.39, 0.29) is 6.42 Å². The Bertz CT molecular complexity index is 188. The van der Waals surface area contributed by atoms with Crippen LogP contribution < -0.4 is 0 Å². The summed E-state index contributed by atoms with van der Waals surface area (Å²) < 4.78 is 0. The van der Waals surface area contributed by atoms with Crippen molar-refractivity contribution in [1.29, 1.82) is 0 Å². The van der Waals surface area contributed by atoms with E-state index in [4.69, 9.17) is 10.3 Å². The van der Waals surface area contributed by atoms with E-state index in [0.717, 1.165) is 0 Å². The fourth-order valence-corrected chi connectivity index (χ4v) is 0.745. The second-order valence-electron chi connectivity index (χ2n) is 2.20. The summed E-state index contributed by atoms with van der Waals surface area (Å²) in [6.45, 7) is 1.50. The molecule has 0 heterocycles. The zero-order valence-electron chi connectivity index (χ0n) is 6.45. The van der Waals surface area contributed by atoms with Crippen LogP contribution in [-0.4, -0.2) is 38.5 Å². The van der Waals surface area contributed by atoms with E-state index < -0.39 is 22.0 Å². The first kappa shape index (κ1) is 10.6. The number of nitro groups is 1. The summed E-state index contributed by atoms with van der Waals surface area (Å²) in [4.78, 5) is 8.83. The zero-order valence-corrected chi connectivity index (χ0v) is 6.45. The van der Waals surface area contributed by atoms with Crippen molar-refractivity contribution in [1.82, 2.24) is 0 Å². The highest BCUT2D eigenvalue weighted by atomic mass is 16.8. The third-order valence-electron chi connectivity index (χ3n) is 1.36. The number of hydrogen-bond donors (Lipinski definition) is 2. The molecule has 0 aromatic carbocycles. The molecule has 0 bridgehead atoms. The Morgan fingerprint density at radius 2 is 2.08 bits per heavy atom. The lowest BCUT2D eigenvalue weighted by Crippen LogP contribution is -2.35. The molecule has 0 saturated carbocycles.